The molecule has 30 heavy (non-hydrogen) atoms. The zero-order valence-corrected chi connectivity index (χ0v) is 17.6. The van der Waals surface area contributed by atoms with Gasteiger partial charge in [0.1, 0.15) is 12.3 Å². The minimum Gasteiger partial charge on any atom is -0.479 e. The Balaban J connectivity index is 1.38. The number of hydrogen-bond donors (Lipinski definition) is 1. The summed E-state index contributed by atoms with van der Waals surface area (Å²) in [6.45, 7) is 2.81. The van der Waals surface area contributed by atoms with Crippen LogP contribution in [-0.4, -0.2) is 47.6 Å². The van der Waals surface area contributed by atoms with Crippen LogP contribution in [0.3, 0.4) is 0 Å². The van der Waals surface area contributed by atoms with Crippen LogP contribution in [0.4, 0.5) is 5.69 Å². The van der Waals surface area contributed by atoms with Crippen molar-refractivity contribution in [3.05, 3.63) is 59.1 Å². The molecule has 0 saturated carbocycles. The predicted molar refractivity (Wildman–Crippen MR) is 115 cm³/mol. The number of benzene rings is 2. The Hall–Kier alpha value is -2.57. The summed E-state index contributed by atoms with van der Waals surface area (Å²) in [6.07, 6.45) is 0.222. The second-order valence-electron chi connectivity index (χ2n) is 7.87. The van der Waals surface area contributed by atoms with Crippen molar-refractivity contribution in [2.75, 3.05) is 24.5 Å². The van der Waals surface area contributed by atoms with E-state index in [1.807, 2.05) is 24.3 Å². The largest absolute Gasteiger partial charge is 0.479 e. The molecule has 2 heterocycles. The van der Waals surface area contributed by atoms with E-state index in [9.17, 15) is 14.7 Å². The fourth-order valence-corrected chi connectivity index (χ4v) is 4.28. The highest BCUT2D eigenvalue weighted by Crippen LogP contribution is 2.34. The lowest BCUT2D eigenvalue weighted by Gasteiger charge is -2.37. The number of piperidine rings is 1. The second kappa shape index (κ2) is 8.66. The summed E-state index contributed by atoms with van der Waals surface area (Å²) in [4.78, 5) is 28.8. The monoisotopic (exact) mass is 428 g/mol. The highest BCUT2D eigenvalue weighted by atomic mass is 35.5. The minimum absolute atomic E-state index is 0.00600. The number of aliphatic hydroxyl groups is 1. The van der Waals surface area contributed by atoms with E-state index in [4.69, 9.17) is 16.3 Å². The number of para-hydroxylation sites is 2. The van der Waals surface area contributed by atoms with Gasteiger partial charge in [-0.1, -0.05) is 35.9 Å². The number of anilines is 1. The van der Waals surface area contributed by atoms with Crippen LogP contribution in [0.1, 0.15) is 31.4 Å². The summed E-state index contributed by atoms with van der Waals surface area (Å²) in [5, 5.41) is 11.3. The highest BCUT2D eigenvalue weighted by molar-refractivity contribution is 6.30. The van der Waals surface area contributed by atoms with Gasteiger partial charge in [-0.15, -0.1) is 0 Å². The fraction of sp³-hybridized carbons (Fsp3) is 0.391. The van der Waals surface area contributed by atoms with Gasteiger partial charge in [0, 0.05) is 18.1 Å². The molecule has 2 atom stereocenters. The van der Waals surface area contributed by atoms with Crippen LogP contribution in [0.2, 0.25) is 5.02 Å². The van der Waals surface area contributed by atoms with Crippen LogP contribution in [0.25, 0.3) is 0 Å². The van der Waals surface area contributed by atoms with E-state index < -0.39 is 12.2 Å². The lowest BCUT2D eigenvalue weighted by Crippen LogP contribution is -2.51. The third kappa shape index (κ3) is 4.16. The number of rotatable bonds is 4. The van der Waals surface area contributed by atoms with E-state index in [-0.39, 0.29) is 24.3 Å². The minimum atomic E-state index is -0.618. The van der Waals surface area contributed by atoms with E-state index in [1.54, 1.807) is 36.1 Å². The van der Waals surface area contributed by atoms with Crippen LogP contribution in [0.5, 0.6) is 5.75 Å². The Kier molecular flexibility index (Phi) is 5.97. The third-order valence-electron chi connectivity index (χ3n) is 5.92. The average Bonchev–Trinajstić information content (AvgIpc) is 2.77. The van der Waals surface area contributed by atoms with Gasteiger partial charge in [0.2, 0.25) is 5.91 Å². The van der Waals surface area contributed by atoms with Crippen LogP contribution in [0.15, 0.2) is 48.5 Å². The number of carbonyl (C=O) groups excluding carboxylic acids is 2. The van der Waals surface area contributed by atoms with Crippen molar-refractivity contribution in [3.8, 4) is 5.75 Å². The van der Waals surface area contributed by atoms with Gasteiger partial charge < -0.3 is 14.7 Å². The van der Waals surface area contributed by atoms with Crippen molar-refractivity contribution in [2.45, 2.75) is 32.0 Å². The number of halogens is 1. The number of hydrogen-bond acceptors (Lipinski definition) is 4. The quantitative estimate of drug-likeness (QED) is 0.810. The van der Waals surface area contributed by atoms with Gasteiger partial charge >= 0.3 is 0 Å². The SMILES string of the molecule is C[C@H]1Oc2ccccc2N(CC(=O)N2CCC([C@@H](O)c3ccc(Cl)cc3)CC2)C1=O. The summed E-state index contributed by atoms with van der Waals surface area (Å²) in [7, 11) is 0. The molecule has 0 bridgehead atoms. The molecule has 2 aromatic carbocycles. The maximum Gasteiger partial charge on any atom is 0.268 e. The maximum atomic E-state index is 12.9. The Morgan fingerprint density at radius 2 is 1.83 bits per heavy atom. The summed E-state index contributed by atoms with van der Waals surface area (Å²) in [6, 6.07) is 14.5. The Labute approximate surface area is 181 Å². The van der Waals surface area contributed by atoms with Gasteiger partial charge in [-0.2, -0.15) is 0 Å². The average molecular weight is 429 g/mol. The van der Waals surface area contributed by atoms with Gasteiger partial charge in [0.05, 0.1) is 11.8 Å². The first-order chi connectivity index (χ1) is 14.4. The normalized spacial score (nSPS) is 20.5. The molecule has 0 radical (unpaired) electrons. The molecule has 0 aliphatic carbocycles. The van der Waals surface area contributed by atoms with Crippen molar-refractivity contribution >= 4 is 29.1 Å². The van der Waals surface area contributed by atoms with Gasteiger partial charge in [-0.05, 0) is 55.5 Å². The molecule has 158 valence electrons. The Morgan fingerprint density at radius 1 is 1.17 bits per heavy atom. The summed E-state index contributed by atoms with van der Waals surface area (Å²) in [5.41, 5.74) is 1.47. The Morgan fingerprint density at radius 3 is 2.53 bits per heavy atom. The third-order valence-corrected chi connectivity index (χ3v) is 6.17. The summed E-state index contributed by atoms with van der Waals surface area (Å²) < 4.78 is 5.64. The zero-order chi connectivity index (χ0) is 21.3. The number of likely N-dealkylation sites (tertiary alicyclic amines) is 1. The molecule has 1 fully saturated rings. The molecular formula is C23H25ClN2O4. The van der Waals surface area contributed by atoms with Crippen molar-refractivity contribution in [2.24, 2.45) is 5.92 Å². The molecular weight excluding hydrogens is 404 g/mol. The topological polar surface area (TPSA) is 70.1 Å². The second-order valence-corrected chi connectivity index (χ2v) is 8.30. The molecule has 0 unspecified atom stereocenters. The molecule has 2 aliphatic heterocycles. The fourth-order valence-electron chi connectivity index (χ4n) is 4.15. The number of carbonyl (C=O) groups is 2. The molecule has 2 aromatic rings. The lowest BCUT2D eigenvalue weighted by molar-refractivity contribution is -0.134. The van der Waals surface area contributed by atoms with Crippen LogP contribution < -0.4 is 9.64 Å². The zero-order valence-electron chi connectivity index (χ0n) is 16.8. The first-order valence-electron chi connectivity index (χ1n) is 10.2. The molecule has 4 rings (SSSR count). The smallest absolute Gasteiger partial charge is 0.268 e. The predicted octanol–water partition coefficient (Wildman–Crippen LogP) is 3.43. The number of nitrogens with zero attached hydrogens (tertiary/aromatic N) is 2. The van der Waals surface area contributed by atoms with Crippen molar-refractivity contribution < 1.29 is 19.4 Å². The molecule has 6 nitrogen and oxygen atoms in total. The molecule has 0 aromatic heterocycles. The molecule has 1 N–H and O–H groups in total. The van der Waals surface area contributed by atoms with Gasteiger partial charge in [0.25, 0.3) is 5.91 Å². The number of aliphatic hydroxyl groups excluding tert-OH is 1. The van der Waals surface area contributed by atoms with Crippen LogP contribution in [-0.2, 0) is 9.59 Å². The van der Waals surface area contributed by atoms with Crippen molar-refractivity contribution in [1.82, 2.24) is 4.90 Å². The molecule has 7 heteroatoms. The summed E-state index contributed by atoms with van der Waals surface area (Å²) >= 11 is 5.93. The first kappa shape index (κ1) is 20.7. The van der Waals surface area contributed by atoms with E-state index in [1.165, 1.54) is 4.90 Å². The number of fused-ring (bicyclic) bond motifs is 1. The molecule has 2 amide bonds. The maximum absolute atomic E-state index is 12.9. The van der Waals surface area contributed by atoms with Gasteiger partial charge in [-0.25, -0.2) is 0 Å². The number of amides is 2. The molecule has 1 saturated heterocycles. The summed E-state index contributed by atoms with van der Waals surface area (Å²) in [5.74, 6) is 0.393. The lowest BCUT2D eigenvalue weighted by atomic mass is 9.87. The van der Waals surface area contributed by atoms with Gasteiger partial charge in [-0.3, -0.25) is 14.5 Å². The van der Waals surface area contributed by atoms with Crippen LogP contribution >= 0.6 is 11.6 Å². The van der Waals surface area contributed by atoms with E-state index >= 15 is 0 Å². The van der Waals surface area contributed by atoms with Crippen molar-refractivity contribution in [1.29, 1.82) is 0 Å². The molecule has 2 aliphatic rings. The highest BCUT2D eigenvalue weighted by Gasteiger charge is 2.35. The van der Waals surface area contributed by atoms with E-state index in [0.29, 0.717) is 42.4 Å². The van der Waals surface area contributed by atoms with E-state index in [0.717, 1.165) is 5.56 Å². The van der Waals surface area contributed by atoms with Gasteiger partial charge in [0.15, 0.2) is 6.10 Å². The Bertz CT molecular complexity index is 925. The molecule has 0 spiro atoms. The van der Waals surface area contributed by atoms with Crippen LogP contribution in [0, 0.1) is 5.92 Å². The standard InChI is InChI=1S/C23H25ClN2O4/c1-15-23(29)26(19-4-2-3-5-20(19)30-15)14-21(27)25-12-10-17(11-13-25)22(28)16-6-8-18(24)9-7-16/h2-9,15,17,22,28H,10-14H2,1H3/t15-,22+/m1/s1. The number of ether oxygens (including phenoxy) is 1. The van der Waals surface area contributed by atoms with E-state index in [2.05, 4.69) is 0 Å². The first-order valence-corrected chi connectivity index (χ1v) is 10.6. The van der Waals surface area contributed by atoms with Crippen molar-refractivity contribution in [3.63, 3.8) is 0 Å².